The number of alkyl halides is 1. The fourth-order valence-corrected chi connectivity index (χ4v) is 1.14. The third kappa shape index (κ3) is 3.05. The van der Waals surface area contributed by atoms with Crippen molar-refractivity contribution in [1.29, 1.82) is 0 Å². The van der Waals surface area contributed by atoms with Gasteiger partial charge in [0.1, 0.15) is 0 Å². The van der Waals surface area contributed by atoms with Gasteiger partial charge in [-0.05, 0) is 18.2 Å². The minimum absolute atomic E-state index is 0.0260. The van der Waals surface area contributed by atoms with E-state index in [-0.39, 0.29) is 5.91 Å². The highest BCUT2D eigenvalue weighted by atomic mass is 79.9. The Bertz CT molecular complexity index is 248. The van der Waals surface area contributed by atoms with E-state index in [1.54, 1.807) is 12.1 Å². The van der Waals surface area contributed by atoms with Crippen LogP contribution in [0.2, 0.25) is 0 Å². The van der Waals surface area contributed by atoms with E-state index in [0.717, 1.165) is 5.69 Å². The Labute approximate surface area is 80.1 Å². The maximum atomic E-state index is 11.1. The van der Waals surface area contributed by atoms with Crippen molar-refractivity contribution in [1.82, 2.24) is 0 Å². The monoisotopic (exact) mass is 226 g/mol. The zero-order valence-corrected chi connectivity index (χ0v) is 8.10. The molecule has 2 nitrogen and oxygen atoms in total. The molecule has 0 aliphatic heterocycles. The van der Waals surface area contributed by atoms with E-state index >= 15 is 0 Å². The highest BCUT2D eigenvalue weighted by Crippen LogP contribution is 2.05. The van der Waals surface area contributed by atoms with E-state index in [4.69, 9.17) is 0 Å². The molecule has 0 heterocycles. The standard InChI is InChI=1S/C9H9BrNO/c10-7-6-9(12)11-8-4-2-1-3-5-8/h2-5H,6-7H2,(H,11,12). The number of rotatable bonds is 3. The van der Waals surface area contributed by atoms with E-state index < -0.39 is 0 Å². The summed E-state index contributed by atoms with van der Waals surface area (Å²) in [6.07, 6.45) is 0.499. The largest absolute Gasteiger partial charge is 0.326 e. The van der Waals surface area contributed by atoms with Gasteiger partial charge in [-0.3, -0.25) is 4.79 Å². The quantitative estimate of drug-likeness (QED) is 0.788. The number of benzene rings is 1. The van der Waals surface area contributed by atoms with E-state index in [1.807, 2.05) is 12.1 Å². The molecule has 1 N–H and O–H groups in total. The van der Waals surface area contributed by atoms with E-state index in [2.05, 4.69) is 27.3 Å². The van der Waals surface area contributed by atoms with Gasteiger partial charge in [0.25, 0.3) is 0 Å². The van der Waals surface area contributed by atoms with Crippen molar-refractivity contribution >= 4 is 27.5 Å². The molecule has 1 aromatic rings. The molecule has 0 spiro atoms. The van der Waals surface area contributed by atoms with Gasteiger partial charge < -0.3 is 5.32 Å². The lowest BCUT2D eigenvalue weighted by atomic mass is 10.3. The summed E-state index contributed by atoms with van der Waals surface area (Å²) < 4.78 is 0. The van der Waals surface area contributed by atoms with Gasteiger partial charge in [0, 0.05) is 17.4 Å². The first-order valence-electron chi connectivity index (χ1n) is 3.65. The molecule has 0 saturated carbocycles. The highest BCUT2D eigenvalue weighted by molar-refractivity contribution is 9.09. The number of anilines is 1. The summed E-state index contributed by atoms with van der Waals surface area (Å²) in [7, 11) is 0. The molecule has 0 aliphatic rings. The number of amides is 1. The van der Waals surface area contributed by atoms with Gasteiger partial charge in [0.15, 0.2) is 0 Å². The van der Waals surface area contributed by atoms with Crippen LogP contribution in [0.25, 0.3) is 0 Å². The molecule has 0 aromatic heterocycles. The Morgan fingerprint density at radius 3 is 2.75 bits per heavy atom. The van der Waals surface area contributed by atoms with Crippen LogP contribution in [-0.4, -0.2) is 11.2 Å². The molecule has 0 fully saturated rings. The van der Waals surface area contributed by atoms with Gasteiger partial charge in [-0.25, -0.2) is 0 Å². The first-order chi connectivity index (χ1) is 5.83. The van der Waals surface area contributed by atoms with Crippen LogP contribution in [0.3, 0.4) is 0 Å². The molecular formula is C9H9BrNO. The SMILES string of the molecule is O=C(CCBr)Nc1cc[c]cc1. The molecule has 0 atom stereocenters. The predicted molar refractivity (Wildman–Crippen MR) is 52.3 cm³/mol. The molecule has 0 aliphatic carbocycles. The maximum absolute atomic E-state index is 11.1. The van der Waals surface area contributed by atoms with Gasteiger partial charge in [-0.15, -0.1) is 0 Å². The van der Waals surface area contributed by atoms with Gasteiger partial charge in [0.05, 0.1) is 0 Å². The normalized spacial score (nSPS) is 9.42. The molecule has 0 saturated heterocycles. The lowest BCUT2D eigenvalue weighted by molar-refractivity contribution is -0.115. The van der Waals surface area contributed by atoms with Crippen LogP contribution in [0, 0.1) is 6.07 Å². The number of hydrogen-bond donors (Lipinski definition) is 1. The summed E-state index contributed by atoms with van der Waals surface area (Å²) in [5, 5.41) is 3.45. The average Bonchev–Trinajstić information content (AvgIpc) is 2.06. The van der Waals surface area contributed by atoms with Crippen molar-refractivity contribution in [2.24, 2.45) is 0 Å². The van der Waals surface area contributed by atoms with Crippen LogP contribution in [0.15, 0.2) is 24.3 Å². The summed E-state index contributed by atoms with van der Waals surface area (Å²) in [5.41, 5.74) is 0.819. The van der Waals surface area contributed by atoms with Crippen molar-refractivity contribution in [3.05, 3.63) is 30.3 Å². The van der Waals surface area contributed by atoms with Crippen molar-refractivity contribution in [3.63, 3.8) is 0 Å². The fourth-order valence-electron chi connectivity index (χ4n) is 0.780. The van der Waals surface area contributed by atoms with Crippen LogP contribution >= 0.6 is 15.9 Å². The molecule has 1 aromatic carbocycles. The Hall–Kier alpha value is -0.830. The van der Waals surface area contributed by atoms with Crippen molar-refractivity contribution in [2.75, 3.05) is 10.6 Å². The first-order valence-corrected chi connectivity index (χ1v) is 4.77. The van der Waals surface area contributed by atoms with Crippen LogP contribution in [0.1, 0.15) is 6.42 Å². The molecular weight excluding hydrogens is 218 g/mol. The van der Waals surface area contributed by atoms with E-state index in [9.17, 15) is 4.79 Å². The second-order valence-electron chi connectivity index (χ2n) is 2.28. The van der Waals surface area contributed by atoms with Gasteiger partial charge in [-0.1, -0.05) is 28.1 Å². The smallest absolute Gasteiger partial charge is 0.225 e. The topological polar surface area (TPSA) is 29.1 Å². The lowest BCUT2D eigenvalue weighted by Gasteiger charge is -2.01. The third-order valence-electron chi connectivity index (χ3n) is 1.32. The summed E-state index contributed by atoms with van der Waals surface area (Å²) in [4.78, 5) is 11.1. The maximum Gasteiger partial charge on any atom is 0.225 e. The Kier molecular flexibility index (Phi) is 3.80. The minimum Gasteiger partial charge on any atom is -0.326 e. The summed E-state index contributed by atoms with van der Waals surface area (Å²) >= 11 is 3.20. The molecule has 3 heteroatoms. The highest BCUT2D eigenvalue weighted by Gasteiger charge is 1.98. The molecule has 63 valence electrons. The lowest BCUT2D eigenvalue weighted by Crippen LogP contribution is -2.11. The number of halogens is 1. The zero-order valence-electron chi connectivity index (χ0n) is 6.51. The molecule has 1 amide bonds. The minimum atomic E-state index is 0.0260. The number of carbonyl (C=O) groups excluding carboxylic acids is 1. The van der Waals surface area contributed by atoms with E-state index in [0.29, 0.717) is 11.8 Å². The molecule has 0 bridgehead atoms. The third-order valence-corrected chi connectivity index (χ3v) is 1.72. The molecule has 1 radical (unpaired) electrons. The summed E-state index contributed by atoms with van der Waals surface area (Å²) in [6, 6.07) is 10.0. The van der Waals surface area contributed by atoms with Crippen molar-refractivity contribution < 1.29 is 4.79 Å². The van der Waals surface area contributed by atoms with Crippen molar-refractivity contribution in [3.8, 4) is 0 Å². The van der Waals surface area contributed by atoms with Crippen LogP contribution in [0.4, 0.5) is 5.69 Å². The van der Waals surface area contributed by atoms with Gasteiger partial charge in [-0.2, -0.15) is 0 Å². The Morgan fingerprint density at radius 1 is 1.50 bits per heavy atom. The van der Waals surface area contributed by atoms with Crippen LogP contribution in [-0.2, 0) is 4.79 Å². The second-order valence-corrected chi connectivity index (χ2v) is 3.07. The molecule has 1 rings (SSSR count). The number of nitrogens with one attached hydrogen (secondary N) is 1. The number of carbonyl (C=O) groups is 1. The first kappa shape index (κ1) is 9.26. The molecule has 12 heavy (non-hydrogen) atoms. The average molecular weight is 227 g/mol. The summed E-state index contributed by atoms with van der Waals surface area (Å²) in [5.74, 6) is 0.0260. The number of hydrogen-bond acceptors (Lipinski definition) is 1. The van der Waals surface area contributed by atoms with Crippen LogP contribution in [0.5, 0.6) is 0 Å². The predicted octanol–water partition coefficient (Wildman–Crippen LogP) is 2.21. The Morgan fingerprint density at radius 2 is 2.17 bits per heavy atom. The van der Waals surface area contributed by atoms with Crippen LogP contribution < -0.4 is 5.32 Å². The van der Waals surface area contributed by atoms with Crippen molar-refractivity contribution in [2.45, 2.75) is 6.42 Å². The second kappa shape index (κ2) is 4.93. The van der Waals surface area contributed by atoms with Gasteiger partial charge in [0.2, 0.25) is 5.91 Å². The van der Waals surface area contributed by atoms with E-state index in [1.165, 1.54) is 0 Å². The fraction of sp³-hybridized carbons (Fsp3) is 0.222. The van der Waals surface area contributed by atoms with Gasteiger partial charge >= 0.3 is 0 Å². The Balaban J connectivity index is 2.47. The zero-order chi connectivity index (χ0) is 8.81. The summed E-state index contributed by atoms with van der Waals surface area (Å²) in [6.45, 7) is 0. The molecule has 0 unspecified atom stereocenters.